The minimum absolute atomic E-state index is 0.00342. The van der Waals surface area contributed by atoms with E-state index in [1.807, 2.05) is 48.5 Å². The Bertz CT molecular complexity index is 934. The molecule has 0 spiro atoms. The van der Waals surface area contributed by atoms with Gasteiger partial charge in [0.1, 0.15) is 12.4 Å². The second-order valence-corrected chi connectivity index (χ2v) is 6.37. The lowest BCUT2D eigenvalue weighted by Crippen LogP contribution is -2.28. The number of hydrogen-bond donors (Lipinski definition) is 1. The molecule has 0 saturated carbocycles. The van der Waals surface area contributed by atoms with Gasteiger partial charge in [-0.05, 0) is 35.6 Å². The molecule has 0 saturated heterocycles. The number of rotatable bonds is 9. The topological polar surface area (TPSA) is 56.8 Å². The van der Waals surface area contributed by atoms with Crippen molar-refractivity contribution in [3.8, 4) is 17.2 Å². The van der Waals surface area contributed by atoms with Crippen molar-refractivity contribution in [3.63, 3.8) is 0 Å². The van der Waals surface area contributed by atoms with Gasteiger partial charge in [0.15, 0.2) is 11.5 Å². The third kappa shape index (κ3) is 4.94. The predicted octanol–water partition coefficient (Wildman–Crippen LogP) is 3.98. The largest absolute Gasteiger partial charge is 0.493 e. The van der Waals surface area contributed by atoms with E-state index in [4.69, 9.17) is 14.2 Å². The molecule has 0 radical (unpaired) electrons. The van der Waals surface area contributed by atoms with E-state index in [0.717, 1.165) is 22.1 Å². The van der Waals surface area contributed by atoms with E-state index in [0.29, 0.717) is 37.5 Å². The van der Waals surface area contributed by atoms with Gasteiger partial charge in [0.25, 0.3) is 0 Å². The normalized spacial score (nSPS) is 10.5. The molecule has 0 aromatic heterocycles. The maximum absolute atomic E-state index is 12.1. The Morgan fingerprint density at radius 1 is 0.893 bits per heavy atom. The molecule has 0 fully saturated rings. The Morgan fingerprint density at radius 2 is 1.68 bits per heavy atom. The number of hydrogen-bond acceptors (Lipinski definition) is 4. The first-order valence-electron chi connectivity index (χ1n) is 9.29. The van der Waals surface area contributed by atoms with Crippen molar-refractivity contribution in [1.82, 2.24) is 5.32 Å². The first kappa shape index (κ1) is 19.5. The molecule has 0 unspecified atom stereocenters. The number of ether oxygens (including phenoxy) is 3. The molecule has 3 aromatic rings. The van der Waals surface area contributed by atoms with Gasteiger partial charge in [-0.2, -0.15) is 0 Å². The number of carbonyl (C=O) groups is 1. The molecule has 0 aliphatic rings. The van der Waals surface area contributed by atoms with Crippen LogP contribution in [0.3, 0.4) is 0 Å². The Kier molecular flexibility index (Phi) is 6.73. The molecule has 1 amide bonds. The van der Waals surface area contributed by atoms with Crippen LogP contribution in [0.5, 0.6) is 17.2 Å². The van der Waals surface area contributed by atoms with Crippen LogP contribution in [0, 0.1) is 0 Å². The number of carbonyl (C=O) groups excluding carboxylic acids is 1. The van der Waals surface area contributed by atoms with Gasteiger partial charge in [-0.15, -0.1) is 0 Å². The van der Waals surface area contributed by atoms with Gasteiger partial charge in [0.2, 0.25) is 5.91 Å². The minimum Gasteiger partial charge on any atom is -0.493 e. The highest BCUT2D eigenvalue weighted by molar-refractivity contribution is 5.88. The summed E-state index contributed by atoms with van der Waals surface area (Å²) in [5.74, 6) is 2.18. The molecule has 0 aliphatic heterocycles. The second-order valence-electron chi connectivity index (χ2n) is 6.37. The van der Waals surface area contributed by atoms with Crippen molar-refractivity contribution in [3.05, 3.63) is 66.2 Å². The second kappa shape index (κ2) is 9.65. The zero-order valence-corrected chi connectivity index (χ0v) is 16.2. The van der Waals surface area contributed by atoms with E-state index >= 15 is 0 Å². The smallest absolute Gasteiger partial charge is 0.220 e. The Balaban J connectivity index is 1.43. The summed E-state index contributed by atoms with van der Waals surface area (Å²) in [6, 6.07) is 19.7. The maximum Gasteiger partial charge on any atom is 0.220 e. The molecule has 28 heavy (non-hydrogen) atoms. The van der Waals surface area contributed by atoms with Crippen molar-refractivity contribution in [1.29, 1.82) is 0 Å². The Morgan fingerprint density at radius 3 is 2.50 bits per heavy atom. The molecular weight excluding hydrogens is 354 g/mol. The van der Waals surface area contributed by atoms with Gasteiger partial charge in [-0.3, -0.25) is 4.79 Å². The lowest BCUT2D eigenvalue weighted by Gasteiger charge is -2.11. The van der Waals surface area contributed by atoms with E-state index in [-0.39, 0.29) is 5.91 Å². The average molecular weight is 379 g/mol. The highest BCUT2D eigenvalue weighted by atomic mass is 16.5. The van der Waals surface area contributed by atoms with E-state index in [9.17, 15) is 4.79 Å². The van der Waals surface area contributed by atoms with Crippen LogP contribution in [0.1, 0.15) is 12.0 Å². The zero-order valence-electron chi connectivity index (χ0n) is 16.2. The van der Waals surface area contributed by atoms with E-state index in [2.05, 4.69) is 17.4 Å². The third-order valence-electron chi connectivity index (χ3n) is 4.52. The molecule has 5 heteroatoms. The van der Waals surface area contributed by atoms with Gasteiger partial charge < -0.3 is 19.5 Å². The van der Waals surface area contributed by atoms with Crippen LogP contribution in [-0.4, -0.2) is 33.3 Å². The molecule has 1 N–H and O–H groups in total. The van der Waals surface area contributed by atoms with E-state index < -0.39 is 0 Å². The van der Waals surface area contributed by atoms with Crippen LogP contribution in [0.2, 0.25) is 0 Å². The average Bonchev–Trinajstić information content (AvgIpc) is 2.75. The van der Waals surface area contributed by atoms with E-state index in [1.54, 1.807) is 14.2 Å². The maximum atomic E-state index is 12.1. The molecule has 0 heterocycles. The van der Waals surface area contributed by atoms with Gasteiger partial charge in [0, 0.05) is 11.8 Å². The van der Waals surface area contributed by atoms with Gasteiger partial charge >= 0.3 is 0 Å². The number of benzene rings is 3. The highest BCUT2D eigenvalue weighted by Crippen LogP contribution is 2.28. The predicted molar refractivity (Wildman–Crippen MR) is 110 cm³/mol. The number of nitrogens with one attached hydrogen (secondary N) is 1. The molecule has 5 nitrogen and oxygen atoms in total. The van der Waals surface area contributed by atoms with Crippen LogP contribution in [-0.2, 0) is 11.2 Å². The van der Waals surface area contributed by atoms with E-state index in [1.165, 1.54) is 0 Å². The summed E-state index contributed by atoms with van der Waals surface area (Å²) in [5, 5.41) is 5.11. The summed E-state index contributed by atoms with van der Waals surface area (Å²) in [4.78, 5) is 12.1. The van der Waals surface area contributed by atoms with Crippen LogP contribution in [0.25, 0.3) is 10.8 Å². The fourth-order valence-electron chi connectivity index (χ4n) is 3.06. The van der Waals surface area contributed by atoms with Gasteiger partial charge in [0.05, 0.1) is 20.8 Å². The van der Waals surface area contributed by atoms with Crippen molar-refractivity contribution >= 4 is 16.7 Å². The number of amides is 1. The summed E-state index contributed by atoms with van der Waals surface area (Å²) in [5.41, 5.74) is 1.03. The SMILES string of the molecule is COc1ccc(CCC(=O)NCCOc2cccc3ccccc23)cc1OC. The Hall–Kier alpha value is -3.21. The molecule has 3 rings (SSSR count). The van der Waals surface area contributed by atoms with Crippen molar-refractivity contribution < 1.29 is 19.0 Å². The minimum atomic E-state index is -0.00342. The lowest BCUT2D eigenvalue weighted by molar-refractivity contribution is -0.121. The summed E-state index contributed by atoms with van der Waals surface area (Å²) in [6.07, 6.45) is 1.04. The van der Waals surface area contributed by atoms with Crippen molar-refractivity contribution in [2.75, 3.05) is 27.4 Å². The quantitative estimate of drug-likeness (QED) is 0.571. The molecule has 0 bridgehead atoms. The van der Waals surface area contributed by atoms with Crippen LogP contribution < -0.4 is 19.5 Å². The van der Waals surface area contributed by atoms with Crippen LogP contribution in [0.4, 0.5) is 0 Å². The molecule has 0 aliphatic carbocycles. The number of aryl methyl sites for hydroxylation is 1. The molecule has 146 valence electrons. The van der Waals surface area contributed by atoms with Crippen molar-refractivity contribution in [2.45, 2.75) is 12.8 Å². The summed E-state index contributed by atoms with van der Waals surface area (Å²) >= 11 is 0. The fourth-order valence-corrected chi connectivity index (χ4v) is 3.06. The van der Waals surface area contributed by atoms with Crippen LogP contribution >= 0.6 is 0 Å². The van der Waals surface area contributed by atoms with Crippen LogP contribution in [0.15, 0.2) is 60.7 Å². The lowest BCUT2D eigenvalue weighted by atomic mass is 10.1. The van der Waals surface area contributed by atoms with Gasteiger partial charge in [-0.25, -0.2) is 0 Å². The first-order chi connectivity index (χ1) is 13.7. The zero-order chi connectivity index (χ0) is 19.8. The highest BCUT2D eigenvalue weighted by Gasteiger charge is 2.07. The Labute approximate surface area is 165 Å². The molecule has 0 atom stereocenters. The number of methoxy groups -OCH3 is 2. The summed E-state index contributed by atoms with van der Waals surface area (Å²) < 4.78 is 16.4. The van der Waals surface area contributed by atoms with Crippen molar-refractivity contribution in [2.24, 2.45) is 0 Å². The standard InChI is InChI=1S/C23H25NO4/c1-26-21-12-10-17(16-22(21)27-2)11-13-23(25)24-14-15-28-20-9-5-7-18-6-3-4-8-19(18)20/h3-10,12,16H,11,13-15H2,1-2H3,(H,24,25). The molecular formula is C23H25NO4. The monoisotopic (exact) mass is 379 g/mol. The fraction of sp³-hybridized carbons (Fsp3) is 0.261. The van der Waals surface area contributed by atoms with Gasteiger partial charge in [-0.1, -0.05) is 42.5 Å². The third-order valence-corrected chi connectivity index (χ3v) is 4.52. The first-order valence-corrected chi connectivity index (χ1v) is 9.29. The molecule has 3 aromatic carbocycles. The number of fused-ring (bicyclic) bond motifs is 1. The summed E-state index contributed by atoms with van der Waals surface area (Å²) in [6.45, 7) is 0.893. The summed E-state index contributed by atoms with van der Waals surface area (Å²) in [7, 11) is 3.20.